The van der Waals surface area contributed by atoms with Crippen LogP contribution in [0.3, 0.4) is 0 Å². The van der Waals surface area contributed by atoms with Gasteiger partial charge in [-0.2, -0.15) is 0 Å². The number of aromatic nitrogens is 3. The number of hydrogen-bond acceptors (Lipinski definition) is 4. The van der Waals surface area contributed by atoms with E-state index in [9.17, 15) is 0 Å². The number of rotatable bonds is 4. The summed E-state index contributed by atoms with van der Waals surface area (Å²) in [6.45, 7) is 2.92. The molecular formula is C14H15BrN4. The Labute approximate surface area is 120 Å². The maximum Gasteiger partial charge on any atom is 0.181 e. The average Bonchev–Trinajstić information content (AvgIpc) is 3.23. The van der Waals surface area contributed by atoms with Gasteiger partial charge in [0.2, 0.25) is 0 Å². The average molecular weight is 319 g/mol. The monoisotopic (exact) mass is 318 g/mol. The Morgan fingerprint density at radius 2 is 2.21 bits per heavy atom. The Kier molecular flexibility index (Phi) is 3.46. The van der Waals surface area contributed by atoms with Crippen LogP contribution in [-0.4, -0.2) is 21.5 Å². The number of anilines is 1. The fourth-order valence-corrected chi connectivity index (χ4v) is 2.41. The molecule has 0 aromatic carbocycles. The summed E-state index contributed by atoms with van der Waals surface area (Å²) in [5.74, 6) is 2.17. The van der Waals surface area contributed by atoms with Crippen LogP contribution in [0.4, 0.5) is 5.82 Å². The Hall–Kier alpha value is -1.49. The van der Waals surface area contributed by atoms with Crippen LogP contribution in [0.1, 0.15) is 31.4 Å². The van der Waals surface area contributed by atoms with E-state index in [1.807, 2.05) is 12.1 Å². The first-order valence-electron chi connectivity index (χ1n) is 6.51. The summed E-state index contributed by atoms with van der Waals surface area (Å²) < 4.78 is 0.922. The zero-order valence-electron chi connectivity index (χ0n) is 10.7. The lowest BCUT2D eigenvalue weighted by atomic mass is 10.2. The Balaban J connectivity index is 2.06. The second-order valence-electron chi connectivity index (χ2n) is 4.64. The molecule has 0 bridgehead atoms. The van der Waals surface area contributed by atoms with Crippen LogP contribution in [0.15, 0.2) is 28.9 Å². The lowest BCUT2D eigenvalue weighted by Gasteiger charge is -2.09. The van der Waals surface area contributed by atoms with Crippen LogP contribution in [0, 0.1) is 0 Å². The van der Waals surface area contributed by atoms with Gasteiger partial charge in [0.15, 0.2) is 5.82 Å². The fraction of sp³-hybridized carbons (Fsp3) is 0.357. The summed E-state index contributed by atoms with van der Waals surface area (Å²) >= 11 is 3.51. The van der Waals surface area contributed by atoms with Crippen LogP contribution in [0.2, 0.25) is 0 Å². The lowest BCUT2D eigenvalue weighted by molar-refractivity contribution is 0.981. The molecule has 0 saturated heterocycles. The molecule has 2 aromatic rings. The molecule has 1 fully saturated rings. The number of hydrogen-bond donors (Lipinski definition) is 1. The van der Waals surface area contributed by atoms with Crippen LogP contribution in [0.25, 0.3) is 11.5 Å². The summed E-state index contributed by atoms with van der Waals surface area (Å²) in [6, 6.07) is 5.91. The highest BCUT2D eigenvalue weighted by atomic mass is 79.9. The Bertz CT molecular complexity index is 596. The normalized spacial score (nSPS) is 14.4. The van der Waals surface area contributed by atoms with E-state index in [1.165, 1.54) is 12.8 Å². The summed E-state index contributed by atoms with van der Waals surface area (Å²) in [4.78, 5) is 13.6. The van der Waals surface area contributed by atoms with E-state index < -0.39 is 0 Å². The maximum atomic E-state index is 4.67. The third-order valence-corrected chi connectivity index (χ3v) is 3.71. The SMILES string of the molecule is CCNc1cc(C2CC2)nc(-c2ncccc2Br)n1. The molecule has 2 aromatic heterocycles. The molecule has 1 saturated carbocycles. The van der Waals surface area contributed by atoms with Gasteiger partial charge in [0.25, 0.3) is 0 Å². The third kappa shape index (κ3) is 2.76. The van der Waals surface area contributed by atoms with E-state index in [4.69, 9.17) is 0 Å². The molecule has 1 N–H and O–H groups in total. The van der Waals surface area contributed by atoms with Gasteiger partial charge < -0.3 is 5.32 Å². The lowest BCUT2D eigenvalue weighted by Crippen LogP contribution is -2.04. The molecular weight excluding hydrogens is 304 g/mol. The van der Waals surface area contributed by atoms with E-state index in [-0.39, 0.29) is 0 Å². The quantitative estimate of drug-likeness (QED) is 0.935. The largest absolute Gasteiger partial charge is 0.370 e. The molecule has 5 heteroatoms. The molecule has 0 aliphatic heterocycles. The van der Waals surface area contributed by atoms with Gasteiger partial charge in [-0.05, 0) is 47.8 Å². The van der Waals surface area contributed by atoms with Gasteiger partial charge in [0.05, 0.1) is 0 Å². The predicted octanol–water partition coefficient (Wildman–Crippen LogP) is 3.61. The minimum atomic E-state index is 0.599. The maximum absolute atomic E-state index is 4.67. The molecule has 19 heavy (non-hydrogen) atoms. The molecule has 0 spiro atoms. The number of pyridine rings is 1. The standard InChI is InChI=1S/C14H15BrN4/c1-2-16-12-8-11(9-5-6-9)18-14(19-12)13-10(15)4-3-7-17-13/h3-4,7-9H,2,5-6H2,1H3,(H,16,18,19). The molecule has 0 atom stereocenters. The number of nitrogens with zero attached hydrogens (tertiary/aromatic N) is 3. The third-order valence-electron chi connectivity index (χ3n) is 3.07. The van der Waals surface area contributed by atoms with Gasteiger partial charge >= 0.3 is 0 Å². The van der Waals surface area contributed by atoms with E-state index in [1.54, 1.807) is 6.20 Å². The van der Waals surface area contributed by atoms with E-state index in [2.05, 4.69) is 49.2 Å². The van der Waals surface area contributed by atoms with Crippen LogP contribution < -0.4 is 5.32 Å². The van der Waals surface area contributed by atoms with Crippen LogP contribution in [-0.2, 0) is 0 Å². The first-order valence-corrected chi connectivity index (χ1v) is 7.31. The zero-order chi connectivity index (χ0) is 13.2. The smallest absolute Gasteiger partial charge is 0.181 e. The minimum absolute atomic E-state index is 0.599. The highest BCUT2D eigenvalue weighted by Gasteiger charge is 2.26. The highest BCUT2D eigenvalue weighted by Crippen LogP contribution is 2.40. The van der Waals surface area contributed by atoms with Crippen molar-refractivity contribution >= 4 is 21.7 Å². The second kappa shape index (κ2) is 5.25. The van der Waals surface area contributed by atoms with E-state index in [0.717, 1.165) is 28.2 Å². The van der Waals surface area contributed by atoms with Crippen molar-refractivity contribution in [1.82, 2.24) is 15.0 Å². The molecule has 3 rings (SSSR count). The van der Waals surface area contributed by atoms with E-state index in [0.29, 0.717) is 11.7 Å². The molecule has 4 nitrogen and oxygen atoms in total. The summed E-state index contributed by atoms with van der Waals surface area (Å²) in [6.07, 6.45) is 4.22. The van der Waals surface area contributed by atoms with Crippen molar-refractivity contribution in [2.75, 3.05) is 11.9 Å². The van der Waals surface area contributed by atoms with Gasteiger partial charge in [-0.15, -0.1) is 0 Å². The molecule has 0 unspecified atom stereocenters. The summed E-state index contributed by atoms with van der Waals surface area (Å²) in [7, 11) is 0. The van der Waals surface area contributed by atoms with Gasteiger partial charge in [-0.25, -0.2) is 9.97 Å². The van der Waals surface area contributed by atoms with E-state index >= 15 is 0 Å². The van der Waals surface area contributed by atoms with Crippen molar-refractivity contribution in [3.05, 3.63) is 34.6 Å². The minimum Gasteiger partial charge on any atom is -0.370 e. The molecule has 1 aliphatic rings. The number of nitrogens with one attached hydrogen (secondary N) is 1. The van der Waals surface area contributed by atoms with Crippen LogP contribution >= 0.6 is 15.9 Å². The number of halogens is 1. The van der Waals surface area contributed by atoms with Crippen molar-refractivity contribution in [3.63, 3.8) is 0 Å². The predicted molar refractivity (Wildman–Crippen MR) is 79.1 cm³/mol. The molecule has 0 amide bonds. The summed E-state index contributed by atoms with van der Waals surface area (Å²) in [5, 5.41) is 3.27. The molecule has 2 heterocycles. The van der Waals surface area contributed by atoms with Gasteiger partial charge in [0.1, 0.15) is 11.5 Å². The van der Waals surface area contributed by atoms with Crippen molar-refractivity contribution in [2.45, 2.75) is 25.7 Å². The summed E-state index contributed by atoms with van der Waals surface area (Å²) in [5.41, 5.74) is 1.92. The zero-order valence-corrected chi connectivity index (χ0v) is 12.3. The second-order valence-corrected chi connectivity index (χ2v) is 5.49. The van der Waals surface area contributed by atoms with Gasteiger partial charge in [-0.1, -0.05) is 0 Å². The molecule has 1 aliphatic carbocycles. The van der Waals surface area contributed by atoms with Crippen molar-refractivity contribution in [2.24, 2.45) is 0 Å². The fourth-order valence-electron chi connectivity index (χ4n) is 1.98. The van der Waals surface area contributed by atoms with Crippen LogP contribution in [0.5, 0.6) is 0 Å². The molecule has 0 radical (unpaired) electrons. The van der Waals surface area contributed by atoms with Crippen molar-refractivity contribution in [3.8, 4) is 11.5 Å². The highest BCUT2D eigenvalue weighted by molar-refractivity contribution is 9.10. The van der Waals surface area contributed by atoms with Crippen molar-refractivity contribution < 1.29 is 0 Å². The Morgan fingerprint density at radius 3 is 2.89 bits per heavy atom. The first kappa shape index (κ1) is 12.5. The van der Waals surface area contributed by atoms with Gasteiger partial charge in [-0.3, -0.25) is 4.98 Å². The Morgan fingerprint density at radius 1 is 1.37 bits per heavy atom. The topological polar surface area (TPSA) is 50.7 Å². The van der Waals surface area contributed by atoms with Gasteiger partial charge in [0, 0.05) is 34.9 Å². The van der Waals surface area contributed by atoms with Crippen molar-refractivity contribution in [1.29, 1.82) is 0 Å². The first-order chi connectivity index (χ1) is 9.28. The molecule has 98 valence electrons.